The van der Waals surface area contributed by atoms with E-state index in [0.717, 1.165) is 69.4 Å². The molecule has 174 valence electrons. The second-order valence-corrected chi connectivity index (χ2v) is 8.60. The zero-order valence-electron chi connectivity index (χ0n) is 19.5. The lowest BCUT2D eigenvalue weighted by Gasteiger charge is -2.35. The molecule has 0 spiro atoms. The van der Waals surface area contributed by atoms with Gasteiger partial charge in [-0.2, -0.15) is 0 Å². The number of rotatable bonds is 9. The van der Waals surface area contributed by atoms with Crippen LogP contribution in [0.2, 0.25) is 0 Å². The SMILES string of the molecule is COCCCN1CCOc2ccc([C@H](C)OC3CNCC[C@@H]3c3ccc(OC)cc3)cc21. The molecule has 1 saturated heterocycles. The second kappa shape index (κ2) is 11.0. The smallest absolute Gasteiger partial charge is 0.142 e. The summed E-state index contributed by atoms with van der Waals surface area (Å²) in [4.78, 5) is 2.40. The molecular weight excluding hydrogens is 404 g/mol. The van der Waals surface area contributed by atoms with E-state index >= 15 is 0 Å². The molecule has 2 aromatic rings. The van der Waals surface area contributed by atoms with Crippen molar-refractivity contribution in [2.24, 2.45) is 0 Å². The summed E-state index contributed by atoms with van der Waals surface area (Å²) < 4.78 is 23.1. The van der Waals surface area contributed by atoms with Crippen LogP contribution in [0.3, 0.4) is 0 Å². The van der Waals surface area contributed by atoms with Crippen molar-refractivity contribution in [1.29, 1.82) is 0 Å². The third-order valence-corrected chi connectivity index (χ3v) is 6.54. The van der Waals surface area contributed by atoms with Gasteiger partial charge in [0.05, 0.1) is 31.5 Å². The van der Waals surface area contributed by atoms with Gasteiger partial charge in [0.15, 0.2) is 0 Å². The van der Waals surface area contributed by atoms with Gasteiger partial charge in [-0.05, 0) is 61.7 Å². The topological polar surface area (TPSA) is 52.2 Å². The molecule has 0 amide bonds. The maximum Gasteiger partial charge on any atom is 0.142 e. The van der Waals surface area contributed by atoms with Crippen LogP contribution >= 0.6 is 0 Å². The minimum absolute atomic E-state index is 0.00583. The van der Waals surface area contributed by atoms with Gasteiger partial charge in [-0.15, -0.1) is 0 Å². The van der Waals surface area contributed by atoms with Crippen molar-refractivity contribution in [3.63, 3.8) is 0 Å². The minimum atomic E-state index is -0.00583. The van der Waals surface area contributed by atoms with Crippen LogP contribution in [0.4, 0.5) is 5.69 Å². The van der Waals surface area contributed by atoms with Crippen molar-refractivity contribution >= 4 is 5.69 Å². The van der Waals surface area contributed by atoms with Crippen molar-refractivity contribution in [1.82, 2.24) is 5.32 Å². The Hall–Kier alpha value is -2.28. The third-order valence-electron chi connectivity index (χ3n) is 6.54. The van der Waals surface area contributed by atoms with E-state index in [4.69, 9.17) is 18.9 Å². The summed E-state index contributed by atoms with van der Waals surface area (Å²) in [6.07, 6.45) is 2.18. The van der Waals surface area contributed by atoms with Crippen LogP contribution in [0.1, 0.15) is 42.9 Å². The van der Waals surface area contributed by atoms with Gasteiger partial charge in [-0.3, -0.25) is 0 Å². The molecule has 0 aromatic heterocycles. The highest BCUT2D eigenvalue weighted by Crippen LogP contribution is 2.37. The van der Waals surface area contributed by atoms with Crippen LogP contribution in [0.15, 0.2) is 42.5 Å². The normalized spacial score (nSPS) is 21.5. The number of ether oxygens (including phenoxy) is 4. The number of nitrogens with zero attached hydrogens (tertiary/aromatic N) is 1. The molecule has 0 saturated carbocycles. The van der Waals surface area contributed by atoms with E-state index in [-0.39, 0.29) is 12.2 Å². The molecule has 2 heterocycles. The fraction of sp³-hybridized carbons (Fsp3) is 0.538. The van der Waals surface area contributed by atoms with Gasteiger partial charge < -0.3 is 29.2 Å². The first kappa shape index (κ1) is 22.9. The monoisotopic (exact) mass is 440 g/mol. The lowest BCUT2D eigenvalue weighted by molar-refractivity contribution is -0.0272. The zero-order chi connectivity index (χ0) is 22.3. The summed E-state index contributed by atoms with van der Waals surface area (Å²) in [6, 6.07) is 14.9. The molecule has 0 aliphatic carbocycles. The molecule has 1 fully saturated rings. The Morgan fingerprint density at radius 3 is 2.78 bits per heavy atom. The van der Waals surface area contributed by atoms with Gasteiger partial charge in [0.1, 0.15) is 18.1 Å². The Morgan fingerprint density at radius 1 is 1.16 bits per heavy atom. The number of hydrogen-bond donors (Lipinski definition) is 1. The summed E-state index contributed by atoms with van der Waals surface area (Å²) in [5.41, 5.74) is 3.66. The van der Waals surface area contributed by atoms with Gasteiger partial charge in [0.2, 0.25) is 0 Å². The molecule has 1 unspecified atom stereocenters. The van der Waals surface area contributed by atoms with Gasteiger partial charge in [0, 0.05) is 32.7 Å². The van der Waals surface area contributed by atoms with E-state index in [0.29, 0.717) is 5.92 Å². The first-order valence-corrected chi connectivity index (χ1v) is 11.7. The van der Waals surface area contributed by atoms with E-state index in [1.165, 1.54) is 11.1 Å². The van der Waals surface area contributed by atoms with Crippen molar-refractivity contribution in [3.05, 3.63) is 53.6 Å². The molecule has 32 heavy (non-hydrogen) atoms. The van der Waals surface area contributed by atoms with Crippen molar-refractivity contribution in [2.75, 3.05) is 58.5 Å². The summed E-state index contributed by atoms with van der Waals surface area (Å²) >= 11 is 0. The zero-order valence-corrected chi connectivity index (χ0v) is 19.5. The number of piperidine rings is 1. The van der Waals surface area contributed by atoms with Crippen LogP contribution in [0.5, 0.6) is 11.5 Å². The van der Waals surface area contributed by atoms with Gasteiger partial charge >= 0.3 is 0 Å². The predicted molar refractivity (Wildman–Crippen MR) is 127 cm³/mol. The lowest BCUT2D eigenvalue weighted by Crippen LogP contribution is -2.41. The van der Waals surface area contributed by atoms with Gasteiger partial charge in [-0.25, -0.2) is 0 Å². The molecule has 0 radical (unpaired) electrons. The molecule has 2 aliphatic rings. The largest absolute Gasteiger partial charge is 0.497 e. The van der Waals surface area contributed by atoms with E-state index in [2.05, 4.69) is 47.5 Å². The quantitative estimate of drug-likeness (QED) is 0.591. The first-order chi connectivity index (χ1) is 15.7. The summed E-state index contributed by atoms with van der Waals surface area (Å²) in [6.45, 7) is 7.39. The number of methoxy groups -OCH3 is 2. The highest BCUT2D eigenvalue weighted by Gasteiger charge is 2.29. The fourth-order valence-electron chi connectivity index (χ4n) is 4.72. The Bertz CT molecular complexity index is 857. The Labute approximate surface area is 191 Å². The van der Waals surface area contributed by atoms with E-state index in [9.17, 15) is 0 Å². The summed E-state index contributed by atoms with van der Waals surface area (Å²) in [7, 11) is 3.46. The average molecular weight is 441 g/mol. The Morgan fingerprint density at radius 2 is 2.00 bits per heavy atom. The molecule has 6 nitrogen and oxygen atoms in total. The minimum Gasteiger partial charge on any atom is -0.497 e. The molecular formula is C26H36N2O4. The third kappa shape index (κ3) is 5.37. The molecule has 3 atom stereocenters. The van der Waals surface area contributed by atoms with Crippen LogP contribution < -0.4 is 19.7 Å². The first-order valence-electron chi connectivity index (χ1n) is 11.7. The highest BCUT2D eigenvalue weighted by molar-refractivity contribution is 5.61. The number of fused-ring (bicyclic) bond motifs is 1. The van der Waals surface area contributed by atoms with Crippen LogP contribution in [0.25, 0.3) is 0 Å². The molecule has 0 bridgehead atoms. The molecule has 4 rings (SSSR count). The van der Waals surface area contributed by atoms with Crippen molar-refractivity contribution in [3.8, 4) is 11.5 Å². The lowest BCUT2D eigenvalue weighted by atomic mass is 9.87. The molecule has 2 aromatic carbocycles. The van der Waals surface area contributed by atoms with E-state index < -0.39 is 0 Å². The fourth-order valence-corrected chi connectivity index (χ4v) is 4.72. The summed E-state index contributed by atoms with van der Waals surface area (Å²) in [5, 5.41) is 3.51. The van der Waals surface area contributed by atoms with Crippen molar-refractivity contribution in [2.45, 2.75) is 37.9 Å². The van der Waals surface area contributed by atoms with Crippen molar-refractivity contribution < 1.29 is 18.9 Å². The standard InChI is InChI=1S/C26H36N2O4/c1-19(21-7-10-25-24(17-21)28(14-16-31-25)13-4-15-29-2)32-26-18-27-12-11-23(26)20-5-8-22(30-3)9-6-20/h5-10,17,19,23,26-27H,4,11-16,18H2,1-3H3/t19-,23+,26?/m0/s1. The maximum absolute atomic E-state index is 6.65. The van der Waals surface area contributed by atoms with Crippen LogP contribution in [-0.4, -0.2) is 59.7 Å². The van der Waals surface area contributed by atoms with Gasteiger partial charge in [-0.1, -0.05) is 18.2 Å². The predicted octanol–water partition coefficient (Wildman–Crippen LogP) is 4.15. The number of nitrogens with one attached hydrogen (secondary N) is 1. The van der Waals surface area contributed by atoms with Crippen LogP contribution in [-0.2, 0) is 9.47 Å². The Balaban J connectivity index is 1.47. The summed E-state index contributed by atoms with van der Waals surface area (Å²) in [5.74, 6) is 2.22. The number of benzene rings is 2. The number of hydrogen-bond acceptors (Lipinski definition) is 6. The maximum atomic E-state index is 6.65. The Kier molecular flexibility index (Phi) is 7.90. The second-order valence-electron chi connectivity index (χ2n) is 8.60. The number of anilines is 1. The molecule has 6 heteroatoms. The van der Waals surface area contributed by atoms with E-state index in [1.807, 2.05) is 12.1 Å². The highest BCUT2D eigenvalue weighted by atomic mass is 16.5. The average Bonchev–Trinajstić information content (AvgIpc) is 2.84. The van der Waals surface area contributed by atoms with Crippen LogP contribution in [0, 0.1) is 0 Å². The molecule has 2 aliphatic heterocycles. The van der Waals surface area contributed by atoms with Gasteiger partial charge in [0.25, 0.3) is 0 Å². The molecule has 1 N–H and O–H groups in total. The van der Waals surface area contributed by atoms with E-state index in [1.54, 1.807) is 14.2 Å².